The molecule has 0 saturated carbocycles. The van der Waals surface area contributed by atoms with E-state index >= 15 is 0 Å². The van der Waals surface area contributed by atoms with Crippen LogP contribution in [0.4, 0.5) is 21.5 Å². The Kier molecular flexibility index (Phi) is 73.3. The number of benzene rings is 3. The van der Waals surface area contributed by atoms with Crippen LogP contribution in [0.3, 0.4) is 0 Å². The summed E-state index contributed by atoms with van der Waals surface area (Å²) in [6.07, 6.45) is 50.1. The van der Waals surface area contributed by atoms with E-state index in [-0.39, 0.29) is 109 Å². The maximum Gasteiger partial charge on any atom is 0.323 e. The van der Waals surface area contributed by atoms with Crippen molar-refractivity contribution in [1.29, 1.82) is 0 Å². The maximum atomic E-state index is 12.5. The quantitative estimate of drug-likeness (QED) is 0.00321. The summed E-state index contributed by atoms with van der Waals surface area (Å²) in [7, 11) is -33.7. The van der Waals surface area contributed by atoms with Crippen LogP contribution in [0.15, 0.2) is 159 Å². The third kappa shape index (κ3) is 90.4. The number of halogens is 1. The Hall–Kier alpha value is -8.42. The van der Waals surface area contributed by atoms with Crippen molar-refractivity contribution in [2.45, 2.75) is 238 Å². The van der Waals surface area contributed by atoms with Crippen LogP contribution in [0.2, 0.25) is 0 Å². The van der Waals surface area contributed by atoms with Crippen molar-refractivity contribution in [2.75, 3.05) is 121 Å². The molecule has 45 nitrogen and oxygen atoms in total. The Morgan fingerprint density at radius 2 is 0.924 bits per heavy atom. The lowest BCUT2D eigenvalue weighted by molar-refractivity contribution is -0.697. The number of hydrogen-bond donors (Lipinski definition) is 19. The van der Waals surface area contributed by atoms with E-state index in [1.54, 1.807) is 55.0 Å². The molecule has 55 heteroatoms. The number of carboxylic acid groups (broad SMARTS) is 1. The highest BCUT2D eigenvalue weighted by Crippen LogP contribution is 2.33. The fourth-order valence-corrected chi connectivity index (χ4v) is 18.2. The third-order valence-corrected chi connectivity index (χ3v) is 28.2. The van der Waals surface area contributed by atoms with E-state index < -0.39 is 115 Å². The van der Waals surface area contributed by atoms with Gasteiger partial charge >= 0.3 is 11.9 Å². The number of phenolic OH excluding ortho intramolecular Hbond substituents is 1. The molecule has 0 spiro atoms. The van der Waals surface area contributed by atoms with E-state index in [1.807, 2.05) is 75.3 Å². The Labute approximate surface area is 857 Å². The smallest absolute Gasteiger partial charge is 0.323 e. The Morgan fingerprint density at radius 3 is 1.39 bits per heavy atom. The number of nitrogens with two attached hydrogens (primary N) is 2. The van der Waals surface area contributed by atoms with E-state index in [2.05, 4.69) is 60.5 Å². The third-order valence-electron chi connectivity index (χ3n) is 20.9. The average molecular weight is 2240 g/mol. The van der Waals surface area contributed by atoms with Crippen LogP contribution >= 0.6 is 0 Å². The molecule has 0 bridgehead atoms. The topological polar surface area (TPSA) is 729 Å². The molecule has 1 aliphatic carbocycles. The molecule has 0 aliphatic heterocycles. The molecular weight excluding hydrogens is 2080 g/mol. The van der Waals surface area contributed by atoms with Crippen LogP contribution in [0, 0.1) is 17.7 Å². The minimum absolute atomic E-state index is 0.0848. The first-order valence-corrected chi connectivity index (χ1v) is 62.3. The van der Waals surface area contributed by atoms with Crippen LogP contribution in [0.5, 0.6) is 5.75 Å². The summed E-state index contributed by atoms with van der Waals surface area (Å²) in [5, 5.41) is 35.2. The second-order valence-electron chi connectivity index (χ2n) is 33.8. The number of aliphatic carboxylic acids is 1. The molecule has 834 valence electrons. The zero-order chi connectivity index (χ0) is 109. The summed E-state index contributed by atoms with van der Waals surface area (Å²) in [6.45, 7) is 7.87. The van der Waals surface area contributed by atoms with Gasteiger partial charge in [-0.3, -0.25) is 50.6 Å². The first-order chi connectivity index (χ1) is 68.0. The zero-order valence-corrected chi connectivity index (χ0v) is 90.0. The molecule has 3 heterocycles. The minimum Gasteiger partial charge on any atom is -0.506 e. The number of aryl methyl sites for hydroxylation is 4. The number of para-hydroxylation sites is 2. The first-order valence-electron chi connectivity index (χ1n) is 47.8. The number of nitrogens with zero attached hydrogens (tertiary/aromatic N) is 5. The zero-order valence-electron chi connectivity index (χ0n) is 82.6. The summed E-state index contributed by atoms with van der Waals surface area (Å²) >= 11 is 0. The van der Waals surface area contributed by atoms with Crippen molar-refractivity contribution >= 4 is 120 Å². The second kappa shape index (κ2) is 77.9. The molecule has 21 N–H and O–H groups in total. The fourth-order valence-electron chi connectivity index (χ4n) is 13.6. The van der Waals surface area contributed by atoms with Crippen molar-refractivity contribution in [1.82, 2.24) is 40.0 Å². The van der Waals surface area contributed by atoms with Gasteiger partial charge in [0.05, 0.1) is 84.0 Å². The average Bonchev–Trinajstić information content (AvgIpc) is 1.06. The SMILES string of the molecule is CCCCCCCCCCCCCCC1C=CCCC1CCCS(=O)(=O)O.COC(=O)[C@@H](Cc1ccc(N)cc1)NCCCS(=O)(=O)O.NCCCCC(NCCCS(=O)(=O)O)C(=O)O.O=S(=O)(O)CCCN/C=C\NCCCS(=O)(=O)O.O=S(=O)(O)CCCNc1ccc(F)cc1.O=S(=O)(O)CCCNc1ccccc1O.O=S(=O)(O)CCCn1cc[n+](CCCn2ccnc2)c1.O=S(=O)(O)CCCn1cccc1. The maximum absolute atomic E-state index is 12.5. The number of anilines is 3. The van der Waals surface area contributed by atoms with Gasteiger partial charge in [0.1, 0.15) is 36.0 Å². The van der Waals surface area contributed by atoms with Crippen molar-refractivity contribution in [3.63, 3.8) is 0 Å². The van der Waals surface area contributed by atoms with E-state index in [4.69, 9.17) is 62.3 Å². The summed E-state index contributed by atoms with van der Waals surface area (Å²) in [5.74, 6) is -2.72. The lowest BCUT2D eigenvalue weighted by Gasteiger charge is -2.27. The molecular formula is C90H157FN13O32S9+. The van der Waals surface area contributed by atoms with Crippen molar-refractivity contribution in [2.24, 2.45) is 17.6 Å². The molecule has 7 rings (SSSR count). The van der Waals surface area contributed by atoms with Gasteiger partial charge in [-0.1, -0.05) is 127 Å². The number of phenols is 1. The van der Waals surface area contributed by atoms with E-state index in [0.717, 1.165) is 44.3 Å². The van der Waals surface area contributed by atoms with Crippen LogP contribution in [0.1, 0.15) is 199 Å². The van der Waals surface area contributed by atoms with E-state index in [0.29, 0.717) is 120 Å². The van der Waals surface area contributed by atoms with Crippen LogP contribution < -0.4 is 47.9 Å². The fraction of sp³-hybridized carbons (Fsp3) is 0.622. The molecule has 3 unspecified atom stereocenters. The first kappa shape index (κ1) is 137. The van der Waals surface area contributed by atoms with Gasteiger partial charge in [0.25, 0.3) is 91.1 Å². The number of hydrogen-bond acceptors (Lipinski definition) is 31. The summed E-state index contributed by atoms with van der Waals surface area (Å²) in [5.41, 5.74) is 13.7. The number of aromatic hydroxyl groups is 1. The van der Waals surface area contributed by atoms with Crippen LogP contribution in [-0.4, -0.2) is 274 Å². The van der Waals surface area contributed by atoms with Crippen LogP contribution in [-0.2, 0) is 138 Å². The number of rotatable bonds is 67. The van der Waals surface area contributed by atoms with Gasteiger partial charge in [0.2, 0.25) is 6.33 Å². The number of allylic oxidation sites excluding steroid dienone is 2. The van der Waals surface area contributed by atoms with Gasteiger partial charge in [-0.2, -0.15) is 75.8 Å². The summed E-state index contributed by atoms with van der Waals surface area (Å²) in [6, 6.07) is 22.0. The second-order valence-corrected chi connectivity index (χ2v) is 48.0. The standard InChI is InChI=1S/C23H44O3S.C13H20N2O5S.C12H18N4O3S.C9H12FNO3S.C9H20N2O5S.C9H13NO4S.C8H18N2O6S2.C7H11NO3S/c1-2-3-4-5-6-7-8-9-10-11-12-13-17-22-18-14-15-19-23(22)20-16-21-27(24,25)26;1-20-13(16)12(15-7-2-8-21(17,18)19)9-10-3-5-11(14)6-4-10;17-20(18,19)10-2-6-16-9-8-15(12-16)5-1-4-14-7-3-13-11-14;10-8-2-4-9(5-3-8)11-6-1-7-15(12,13)14;10-5-2-1-4-8(9(12)13)11-6-3-7-17(14,15)16;11-9-5-2-1-4-8(9)10-6-3-7-15(12,13)14;11-17(12,13)7-1-3-9-5-6-10-4-2-8-18(14,15)16;9-12(10,11)7-3-6-8-4-1-2-5-8/h14,18,22-23H,2-13,15-17,19-21H2,1H3,(H,24,25,26);3-6,12,15H,2,7-9,14H2,1H3,(H,17,18,19);3,7-9,11-12H,1-2,4-6,10H2;2-5,11H,1,6-7H2,(H,12,13,14);8,11H,1-7,10H2,(H,12,13)(H,14,15,16);1-2,4-5,10-11H,3,6-7H2,(H,12,13,14);5-6,9-10H,1-4,7-8H2,(H,11,12,13)(H,14,15,16);1-2,4-5H,3,6-7H2,(H,9,10,11)/p+1/b;;;;;;6-5-;/t;12-;;;;;;/m.1....../s1. The van der Waals surface area contributed by atoms with E-state index in [1.165, 1.54) is 128 Å². The molecule has 4 atom stereocenters. The number of aromatic nitrogens is 5. The summed E-state index contributed by atoms with van der Waals surface area (Å²) < 4.78 is 291. The molecule has 0 saturated heterocycles. The summed E-state index contributed by atoms with van der Waals surface area (Å²) in [4.78, 5) is 26.5. The lowest BCUT2D eigenvalue weighted by Crippen LogP contribution is -2.40. The largest absolute Gasteiger partial charge is 0.506 e. The van der Waals surface area contributed by atoms with Gasteiger partial charge in [0, 0.05) is 101 Å². The molecule has 3 aromatic heterocycles. The monoisotopic (exact) mass is 2240 g/mol. The molecule has 0 amide bonds. The van der Waals surface area contributed by atoms with Gasteiger partial charge in [-0.05, 0) is 194 Å². The van der Waals surface area contributed by atoms with Crippen molar-refractivity contribution < 1.29 is 150 Å². The highest BCUT2D eigenvalue weighted by Gasteiger charge is 2.24. The molecule has 6 aromatic rings. The van der Waals surface area contributed by atoms with Gasteiger partial charge < -0.3 is 67.5 Å². The van der Waals surface area contributed by atoms with Crippen molar-refractivity contribution in [3.05, 3.63) is 171 Å². The number of methoxy groups -OCH3 is 1. The minimum atomic E-state index is -3.98. The highest BCUT2D eigenvalue weighted by molar-refractivity contribution is 7.87. The lowest BCUT2D eigenvalue weighted by atomic mass is 9.78. The van der Waals surface area contributed by atoms with E-state index in [9.17, 15) is 94.8 Å². The number of carbonyl (C=O) groups excluding carboxylic acids is 1. The number of nitrogen functional groups attached to an aromatic ring is 1. The van der Waals surface area contributed by atoms with Gasteiger partial charge in [-0.25, -0.2) is 18.5 Å². The highest BCUT2D eigenvalue weighted by atomic mass is 32.3. The number of carbonyl (C=O) groups is 2. The predicted octanol–water partition coefficient (Wildman–Crippen LogP) is 9.88. The van der Waals surface area contributed by atoms with Gasteiger partial charge in [0.15, 0.2) is 0 Å². The molecule has 1 aliphatic rings. The molecule has 3 aromatic carbocycles. The predicted molar refractivity (Wildman–Crippen MR) is 558 cm³/mol. The number of nitrogens with one attached hydrogen (secondary N) is 6. The van der Waals surface area contributed by atoms with Crippen molar-refractivity contribution in [3.8, 4) is 5.75 Å². The Bertz CT molecular complexity index is 5550. The number of carboxylic acids is 1. The van der Waals surface area contributed by atoms with Gasteiger partial charge in [-0.15, -0.1) is 0 Å². The molecule has 0 radical (unpaired) electrons. The Morgan fingerprint density at radius 1 is 0.483 bits per heavy atom. The molecule has 145 heavy (non-hydrogen) atoms. The molecule has 0 fully saturated rings. The normalized spacial score (nSPS) is 13.7. The number of unbranched alkanes of at least 4 members (excludes halogenated alkanes) is 12. The Balaban J connectivity index is 0.00000165. The number of ether oxygens (including phenoxy) is 1. The number of imidazole rings is 2. The van der Waals surface area contributed by atoms with Crippen LogP contribution in [0.25, 0.3) is 0 Å². The number of esters is 1.